The molecular weight excluding hydrogens is 286 g/mol. The van der Waals surface area contributed by atoms with E-state index in [9.17, 15) is 4.79 Å². The molecule has 20 heavy (non-hydrogen) atoms. The Balaban J connectivity index is 2.08. The van der Waals surface area contributed by atoms with Crippen molar-refractivity contribution < 1.29 is 4.79 Å². The summed E-state index contributed by atoms with van der Waals surface area (Å²) in [6, 6.07) is 6.57. The van der Waals surface area contributed by atoms with E-state index in [0.29, 0.717) is 12.6 Å². The van der Waals surface area contributed by atoms with E-state index in [-0.39, 0.29) is 5.78 Å². The summed E-state index contributed by atoms with van der Waals surface area (Å²) in [5, 5.41) is 2.09. The van der Waals surface area contributed by atoms with Crippen molar-refractivity contribution in [1.29, 1.82) is 0 Å². The number of rotatable bonds is 6. The number of ketones is 1. The number of carbonyl (C=O) groups excluding carboxylic acids is 1. The average molecular weight is 307 g/mol. The minimum Gasteiger partial charge on any atom is -0.293 e. The Labute approximate surface area is 129 Å². The van der Waals surface area contributed by atoms with Crippen LogP contribution in [0.15, 0.2) is 23.6 Å². The molecule has 2 aromatic rings. The van der Waals surface area contributed by atoms with Gasteiger partial charge in [0.2, 0.25) is 0 Å². The Morgan fingerprint density at radius 3 is 2.60 bits per heavy atom. The summed E-state index contributed by atoms with van der Waals surface area (Å²) >= 11 is 3.45. The maximum absolute atomic E-state index is 12.5. The summed E-state index contributed by atoms with van der Waals surface area (Å²) in [7, 11) is 0. The van der Waals surface area contributed by atoms with Crippen LogP contribution in [0.5, 0.6) is 0 Å². The van der Waals surface area contributed by atoms with Crippen molar-refractivity contribution >= 4 is 28.5 Å². The highest BCUT2D eigenvalue weighted by Gasteiger charge is 2.18. The molecule has 0 fully saturated rings. The second-order valence-corrected chi connectivity index (χ2v) is 7.82. The van der Waals surface area contributed by atoms with E-state index < -0.39 is 0 Å². The lowest BCUT2D eigenvalue weighted by Gasteiger charge is -2.25. The molecular formula is C16H21NOS2. The van der Waals surface area contributed by atoms with Crippen LogP contribution in [0, 0.1) is 13.8 Å². The monoisotopic (exact) mass is 307 g/mol. The highest BCUT2D eigenvalue weighted by molar-refractivity contribution is 7.12. The van der Waals surface area contributed by atoms with Crippen LogP contribution >= 0.6 is 22.7 Å². The van der Waals surface area contributed by atoms with Crippen LogP contribution in [0.3, 0.4) is 0 Å². The molecule has 0 aliphatic carbocycles. The summed E-state index contributed by atoms with van der Waals surface area (Å²) in [6.07, 6.45) is 0. The summed E-state index contributed by atoms with van der Waals surface area (Å²) < 4.78 is 0. The third kappa shape index (κ3) is 3.78. The van der Waals surface area contributed by atoms with E-state index in [2.05, 4.69) is 43.2 Å². The third-order valence-corrected chi connectivity index (χ3v) is 5.18. The fourth-order valence-corrected chi connectivity index (χ4v) is 3.87. The molecule has 0 saturated heterocycles. The first kappa shape index (κ1) is 15.4. The number of thiophene rings is 2. The Bertz CT molecular complexity index is 569. The first-order valence-electron chi connectivity index (χ1n) is 6.84. The minimum absolute atomic E-state index is 0.233. The van der Waals surface area contributed by atoms with Crippen molar-refractivity contribution in [3.63, 3.8) is 0 Å². The minimum atomic E-state index is 0.233. The number of hydrogen-bond acceptors (Lipinski definition) is 4. The topological polar surface area (TPSA) is 20.3 Å². The molecule has 0 saturated carbocycles. The predicted molar refractivity (Wildman–Crippen MR) is 88.0 cm³/mol. The Kier molecular flexibility index (Phi) is 5.13. The first-order chi connectivity index (χ1) is 9.47. The lowest BCUT2D eigenvalue weighted by Crippen LogP contribution is -2.35. The van der Waals surface area contributed by atoms with Gasteiger partial charge in [0.05, 0.1) is 6.54 Å². The average Bonchev–Trinajstić information content (AvgIpc) is 2.97. The largest absolute Gasteiger partial charge is 0.293 e. The lowest BCUT2D eigenvalue weighted by molar-refractivity contribution is 0.0899. The Morgan fingerprint density at radius 1 is 1.35 bits per heavy atom. The van der Waals surface area contributed by atoms with Crippen molar-refractivity contribution in [2.24, 2.45) is 0 Å². The van der Waals surface area contributed by atoms with Crippen molar-refractivity contribution in [3.8, 4) is 0 Å². The van der Waals surface area contributed by atoms with Gasteiger partial charge in [-0.2, -0.15) is 0 Å². The molecule has 0 aromatic carbocycles. The van der Waals surface area contributed by atoms with Gasteiger partial charge in [-0.25, -0.2) is 0 Å². The molecule has 0 radical (unpaired) electrons. The molecule has 2 nitrogen and oxygen atoms in total. The zero-order chi connectivity index (χ0) is 14.7. The van der Waals surface area contributed by atoms with Gasteiger partial charge in [0.15, 0.2) is 5.78 Å². The standard InChI is InChI=1S/C16H21NOS2/c1-11(2)17(9-14-6-5-7-19-14)10-16(18)15-8-12(3)20-13(15)4/h5-8,11H,9-10H2,1-4H3. The van der Waals surface area contributed by atoms with Gasteiger partial charge in [-0.1, -0.05) is 6.07 Å². The summed E-state index contributed by atoms with van der Waals surface area (Å²) in [5.41, 5.74) is 0.893. The molecule has 0 spiro atoms. The quantitative estimate of drug-likeness (QED) is 0.731. The molecule has 0 aliphatic heterocycles. The molecule has 0 amide bonds. The summed E-state index contributed by atoms with van der Waals surface area (Å²) in [4.78, 5) is 18.4. The van der Waals surface area contributed by atoms with Gasteiger partial charge in [0.25, 0.3) is 0 Å². The number of aryl methyl sites for hydroxylation is 2. The number of Topliss-reactive ketones (excluding diaryl/α,β-unsaturated/α-hetero) is 1. The van der Waals surface area contributed by atoms with Gasteiger partial charge in [0.1, 0.15) is 0 Å². The molecule has 4 heteroatoms. The van der Waals surface area contributed by atoms with Crippen molar-refractivity contribution in [3.05, 3.63) is 43.8 Å². The SMILES string of the molecule is Cc1cc(C(=O)CN(Cc2cccs2)C(C)C)c(C)s1. The smallest absolute Gasteiger partial charge is 0.177 e. The lowest BCUT2D eigenvalue weighted by atomic mass is 10.1. The van der Waals surface area contributed by atoms with Crippen LogP contribution in [0.1, 0.15) is 38.8 Å². The molecule has 2 aromatic heterocycles. The normalized spacial score (nSPS) is 11.5. The predicted octanol–water partition coefficient (Wildman–Crippen LogP) is 4.52. The molecule has 0 bridgehead atoms. The molecule has 108 valence electrons. The third-order valence-electron chi connectivity index (χ3n) is 3.36. The van der Waals surface area contributed by atoms with Crippen LogP contribution in [-0.2, 0) is 6.54 Å². The number of nitrogens with zero attached hydrogens (tertiary/aromatic N) is 1. The maximum atomic E-state index is 12.5. The van der Waals surface area contributed by atoms with E-state index in [1.165, 1.54) is 9.75 Å². The van der Waals surface area contributed by atoms with Gasteiger partial charge < -0.3 is 0 Å². The summed E-state index contributed by atoms with van der Waals surface area (Å²) in [6.45, 7) is 9.72. The van der Waals surface area contributed by atoms with Crippen LogP contribution in [0.25, 0.3) is 0 Å². The van der Waals surface area contributed by atoms with Gasteiger partial charge in [-0.3, -0.25) is 9.69 Å². The Hall–Kier alpha value is -0.970. The van der Waals surface area contributed by atoms with E-state index >= 15 is 0 Å². The van der Waals surface area contributed by atoms with Crippen molar-refractivity contribution in [2.75, 3.05) is 6.54 Å². The van der Waals surface area contributed by atoms with E-state index in [1.54, 1.807) is 22.7 Å². The molecule has 0 aliphatic rings. The number of carbonyl (C=O) groups is 1. The molecule has 0 N–H and O–H groups in total. The second kappa shape index (κ2) is 6.66. The van der Waals surface area contributed by atoms with Crippen LogP contribution in [0.4, 0.5) is 0 Å². The van der Waals surface area contributed by atoms with E-state index in [4.69, 9.17) is 0 Å². The van der Waals surface area contributed by atoms with Gasteiger partial charge in [-0.15, -0.1) is 22.7 Å². The zero-order valence-electron chi connectivity index (χ0n) is 12.5. The molecule has 0 unspecified atom stereocenters. The molecule has 2 rings (SSSR count). The fraction of sp³-hybridized carbons (Fsp3) is 0.438. The Morgan fingerprint density at radius 2 is 2.10 bits per heavy atom. The zero-order valence-corrected chi connectivity index (χ0v) is 14.1. The highest BCUT2D eigenvalue weighted by atomic mass is 32.1. The van der Waals surface area contributed by atoms with E-state index in [1.807, 2.05) is 13.0 Å². The highest BCUT2D eigenvalue weighted by Crippen LogP contribution is 2.22. The van der Waals surface area contributed by atoms with Crippen LogP contribution in [-0.4, -0.2) is 23.3 Å². The van der Waals surface area contributed by atoms with Gasteiger partial charge in [-0.05, 0) is 45.2 Å². The van der Waals surface area contributed by atoms with Gasteiger partial charge >= 0.3 is 0 Å². The molecule has 0 atom stereocenters. The number of hydrogen-bond donors (Lipinski definition) is 0. The van der Waals surface area contributed by atoms with Crippen molar-refractivity contribution in [1.82, 2.24) is 4.90 Å². The van der Waals surface area contributed by atoms with E-state index in [0.717, 1.165) is 17.0 Å². The summed E-state index contributed by atoms with van der Waals surface area (Å²) in [5.74, 6) is 0.233. The fourth-order valence-electron chi connectivity index (χ4n) is 2.20. The van der Waals surface area contributed by atoms with Crippen LogP contribution < -0.4 is 0 Å². The molecule has 2 heterocycles. The first-order valence-corrected chi connectivity index (χ1v) is 8.53. The van der Waals surface area contributed by atoms with Crippen molar-refractivity contribution in [2.45, 2.75) is 40.3 Å². The van der Waals surface area contributed by atoms with Gasteiger partial charge in [0, 0.05) is 32.8 Å². The second-order valence-electron chi connectivity index (χ2n) is 5.33. The van der Waals surface area contributed by atoms with Crippen LogP contribution in [0.2, 0.25) is 0 Å². The maximum Gasteiger partial charge on any atom is 0.177 e.